The van der Waals surface area contributed by atoms with Crippen LogP contribution in [0.15, 0.2) is 24.3 Å². The van der Waals surface area contributed by atoms with E-state index in [2.05, 4.69) is 72.8 Å². The third kappa shape index (κ3) is 75.6. The van der Waals surface area contributed by atoms with Gasteiger partial charge >= 0.3 is 39.5 Å². The van der Waals surface area contributed by atoms with Crippen LogP contribution in [0.1, 0.15) is 402 Å². The Hall–Kier alpha value is -2.46. The number of hydrogen-bond acceptors (Lipinski definition) is 15. The van der Waals surface area contributed by atoms with Gasteiger partial charge in [0.25, 0.3) is 0 Å². The largest absolute Gasteiger partial charge is 0.472 e. The molecule has 0 spiro atoms. The van der Waals surface area contributed by atoms with Crippen molar-refractivity contribution in [3.8, 4) is 0 Å². The first kappa shape index (κ1) is 98.5. The van der Waals surface area contributed by atoms with Crippen LogP contribution in [0.5, 0.6) is 0 Å². The van der Waals surface area contributed by atoms with Crippen LogP contribution in [0, 0.1) is 17.8 Å². The van der Waals surface area contributed by atoms with Crippen molar-refractivity contribution in [3.63, 3.8) is 0 Å². The van der Waals surface area contributed by atoms with E-state index in [4.69, 9.17) is 37.0 Å². The molecule has 0 aromatic carbocycles. The van der Waals surface area contributed by atoms with Crippen molar-refractivity contribution in [3.05, 3.63) is 24.3 Å². The van der Waals surface area contributed by atoms with Crippen LogP contribution in [0.2, 0.25) is 0 Å². The third-order valence-electron chi connectivity index (χ3n) is 18.5. The van der Waals surface area contributed by atoms with Crippen LogP contribution in [-0.2, 0) is 65.4 Å². The van der Waals surface area contributed by atoms with Crippen molar-refractivity contribution < 1.29 is 80.2 Å². The second-order valence-electron chi connectivity index (χ2n) is 30.3. The quantitative estimate of drug-likeness (QED) is 0.0169. The molecule has 0 amide bonds. The van der Waals surface area contributed by atoms with Crippen LogP contribution in [0.4, 0.5) is 0 Å². The minimum atomic E-state index is -4.97. The Morgan fingerprint density at radius 3 is 0.802 bits per heavy atom. The van der Waals surface area contributed by atoms with Gasteiger partial charge in [0.05, 0.1) is 26.4 Å². The normalized spacial score (nSPS) is 14.1. The maximum Gasteiger partial charge on any atom is 0.472 e. The summed E-state index contributed by atoms with van der Waals surface area (Å²) in [6, 6.07) is 0. The van der Waals surface area contributed by atoms with Crippen LogP contribution in [0.3, 0.4) is 0 Å². The molecule has 0 rings (SSSR count). The summed E-state index contributed by atoms with van der Waals surface area (Å²) >= 11 is 0. The van der Waals surface area contributed by atoms with E-state index in [1.165, 1.54) is 186 Å². The van der Waals surface area contributed by atoms with Gasteiger partial charge in [0.15, 0.2) is 12.2 Å². The molecule has 0 bridgehead atoms. The molecule has 0 aromatic heterocycles. The lowest BCUT2D eigenvalue weighted by Crippen LogP contribution is -2.30. The number of allylic oxidation sites excluding steroid dienone is 4. The van der Waals surface area contributed by atoms with Crippen LogP contribution < -0.4 is 0 Å². The van der Waals surface area contributed by atoms with Gasteiger partial charge in [-0.1, -0.05) is 349 Å². The monoisotopic (exact) mass is 1480 g/mol. The predicted molar refractivity (Wildman–Crippen MR) is 414 cm³/mol. The van der Waals surface area contributed by atoms with E-state index in [1.54, 1.807) is 0 Å². The summed E-state index contributed by atoms with van der Waals surface area (Å²) in [6.45, 7) is 11.8. The number of phosphoric acid groups is 2. The molecule has 0 aromatic rings. The van der Waals surface area contributed by atoms with Gasteiger partial charge in [0.1, 0.15) is 19.3 Å². The molecule has 0 aliphatic rings. The van der Waals surface area contributed by atoms with Crippen LogP contribution in [-0.4, -0.2) is 96.7 Å². The van der Waals surface area contributed by atoms with Gasteiger partial charge in [-0.2, -0.15) is 0 Å². The lowest BCUT2D eigenvalue weighted by Gasteiger charge is -2.21. The van der Waals surface area contributed by atoms with E-state index >= 15 is 0 Å². The summed E-state index contributed by atoms with van der Waals surface area (Å²) in [6.07, 6.45) is 63.4. The van der Waals surface area contributed by atoms with Crippen molar-refractivity contribution in [2.75, 3.05) is 39.6 Å². The molecule has 0 radical (unpaired) electrons. The Balaban J connectivity index is 5.25. The summed E-state index contributed by atoms with van der Waals surface area (Å²) in [7, 11) is -9.93. The number of ether oxygens (including phenoxy) is 4. The second kappa shape index (κ2) is 71.8. The summed E-state index contributed by atoms with van der Waals surface area (Å²) in [4.78, 5) is 73.0. The van der Waals surface area contributed by atoms with Gasteiger partial charge in [0.2, 0.25) is 0 Å². The second-order valence-corrected chi connectivity index (χ2v) is 33.2. The minimum absolute atomic E-state index is 0.101. The zero-order chi connectivity index (χ0) is 74.4. The van der Waals surface area contributed by atoms with Gasteiger partial charge in [0, 0.05) is 25.7 Å². The summed E-state index contributed by atoms with van der Waals surface area (Å²) in [5.74, 6) is 0.144. The molecule has 17 nitrogen and oxygen atoms in total. The van der Waals surface area contributed by atoms with E-state index in [9.17, 15) is 43.2 Å². The zero-order valence-corrected chi connectivity index (χ0v) is 67.6. The summed E-state index contributed by atoms with van der Waals surface area (Å²) in [5.41, 5.74) is 0. The van der Waals surface area contributed by atoms with E-state index in [0.29, 0.717) is 31.6 Å². The van der Waals surface area contributed by atoms with Crippen molar-refractivity contribution in [1.82, 2.24) is 0 Å². The van der Waals surface area contributed by atoms with E-state index in [0.717, 1.165) is 127 Å². The average molecular weight is 1480 g/mol. The molecule has 0 fully saturated rings. The van der Waals surface area contributed by atoms with Gasteiger partial charge < -0.3 is 33.8 Å². The fraction of sp³-hybridized carbons (Fsp3) is 0.902. The summed E-state index contributed by atoms with van der Waals surface area (Å²) in [5, 5.41) is 10.6. The molecular weight excluding hydrogens is 1320 g/mol. The Morgan fingerprint density at radius 1 is 0.307 bits per heavy atom. The van der Waals surface area contributed by atoms with Gasteiger partial charge in [-0.05, 0) is 69.1 Å². The first-order chi connectivity index (χ1) is 48.7. The molecule has 19 heteroatoms. The van der Waals surface area contributed by atoms with Gasteiger partial charge in [-0.25, -0.2) is 9.13 Å². The molecular formula is C82H156O17P2. The smallest absolute Gasteiger partial charge is 0.462 e. The highest BCUT2D eigenvalue weighted by molar-refractivity contribution is 7.47. The maximum atomic E-state index is 13.1. The molecule has 596 valence electrons. The first-order valence-corrected chi connectivity index (χ1v) is 44.7. The fourth-order valence-corrected chi connectivity index (χ4v) is 13.7. The number of carbonyl (C=O) groups is 4. The molecule has 101 heavy (non-hydrogen) atoms. The molecule has 0 aliphatic heterocycles. The number of carbonyl (C=O) groups excluding carboxylic acids is 4. The third-order valence-corrected chi connectivity index (χ3v) is 20.4. The van der Waals surface area contributed by atoms with Crippen molar-refractivity contribution in [1.29, 1.82) is 0 Å². The Bertz CT molecular complexity index is 2050. The Labute approximate surface area is 618 Å². The lowest BCUT2D eigenvalue weighted by molar-refractivity contribution is -0.161. The van der Waals surface area contributed by atoms with Crippen molar-refractivity contribution in [2.45, 2.75) is 420 Å². The topological polar surface area (TPSA) is 237 Å². The molecule has 0 aliphatic carbocycles. The number of rotatable bonds is 78. The van der Waals surface area contributed by atoms with E-state index in [1.807, 2.05) is 0 Å². The molecule has 0 heterocycles. The SMILES string of the molecule is CCCCCC/C=C\C=C/CCCCCCCC(=O)OC[C@H](COP(=O)(O)OCC(O)COP(=O)(O)OC[C@@H](COC(=O)CCCCCCCCC(C)C)OC(=O)CCCCCCCCCCCCCCCCCC(C)C)OC(=O)CCCCCCCCCCCCCCCCCCC(C)C. The van der Waals surface area contributed by atoms with Crippen molar-refractivity contribution >= 4 is 39.5 Å². The Kier molecular flexibility index (Phi) is 70.0. The van der Waals surface area contributed by atoms with E-state index < -0.39 is 97.5 Å². The van der Waals surface area contributed by atoms with Gasteiger partial charge in [-0.15, -0.1) is 0 Å². The maximum absolute atomic E-state index is 13.1. The van der Waals surface area contributed by atoms with Gasteiger partial charge in [-0.3, -0.25) is 37.3 Å². The predicted octanol–water partition coefficient (Wildman–Crippen LogP) is 24.1. The molecule has 0 saturated carbocycles. The first-order valence-electron chi connectivity index (χ1n) is 41.7. The van der Waals surface area contributed by atoms with Crippen molar-refractivity contribution in [2.24, 2.45) is 17.8 Å². The fourth-order valence-electron chi connectivity index (χ4n) is 12.1. The van der Waals surface area contributed by atoms with Crippen LogP contribution >= 0.6 is 15.6 Å². The summed E-state index contributed by atoms with van der Waals surface area (Å²) < 4.78 is 68.7. The number of aliphatic hydroxyl groups excluding tert-OH is 1. The zero-order valence-electron chi connectivity index (χ0n) is 65.9. The molecule has 3 unspecified atom stereocenters. The average Bonchev–Trinajstić information content (AvgIpc) is 0.930. The highest BCUT2D eigenvalue weighted by Gasteiger charge is 2.30. The number of phosphoric ester groups is 2. The molecule has 3 N–H and O–H groups in total. The number of esters is 4. The number of hydrogen-bond donors (Lipinski definition) is 3. The van der Waals surface area contributed by atoms with E-state index in [-0.39, 0.29) is 25.7 Å². The lowest BCUT2D eigenvalue weighted by atomic mass is 10.0. The van der Waals surface area contributed by atoms with Crippen LogP contribution in [0.25, 0.3) is 0 Å². The highest BCUT2D eigenvalue weighted by Crippen LogP contribution is 2.45. The highest BCUT2D eigenvalue weighted by atomic mass is 31.2. The standard InChI is InChI=1S/C82H156O17P2/c1-8-9-10-11-12-13-14-15-19-26-31-36-41-49-56-63-79(84)92-69-77(98-81(86)65-58-51-42-37-32-27-22-17-16-20-24-29-34-39-46-53-60-73(2)3)71-96-100(88,89)94-67-76(83)68-95-101(90,91)97-72-78(70-93-80(85)64-57-50-45-44-48-55-62-75(6)7)99-82(87)66-59-52-43-38-33-28-23-18-21-25-30-35-40-47-54-61-74(4)5/h13-15,19,73-78,83H,8-12,16-18,20-72H2,1-7H3,(H,88,89)(H,90,91)/b14-13-,19-15-/t76?,77-,78-/m1/s1. The minimum Gasteiger partial charge on any atom is -0.462 e. The molecule has 0 saturated heterocycles. The number of unbranched alkanes of at least 4 members (excludes halogenated alkanes) is 43. The molecule has 5 atom stereocenters. The Morgan fingerprint density at radius 2 is 0.535 bits per heavy atom. The number of aliphatic hydroxyl groups is 1.